The van der Waals surface area contributed by atoms with E-state index in [-0.39, 0.29) is 12.8 Å². The summed E-state index contributed by atoms with van der Waals surface area (Å²) >= 11 is 0. The molecule has 0 aromatic rings. The molecule has 0 amide bonds. The Morgan fingerprint density at radius 2 is 1.00 bits per heavy atom. The summed E-state index contributed by atoms with van der Waals surface area (Å²) in [5, 5.41) is 16.3. The molecule has 0 radical (unpaired) electrons. The van der Waals surface area contributed by atoms with Gasteiger partial charge < -0.3 is 10.2 Å². The zero-order valence-corrected chi connectivity index (χ0v) is 14.5. The fraction of sp³-hybridized carbons (Fsp3) is 0.895. The van der Waals surface area contributed by atoms with Crippen LogP contribution in [0.15, 0.2) is 0 Å². The molecule has 0 aromatic carbocycles. The van der Waals surface area contributed by atoms with Gasteiger partial charge in [0.25, 0.3) is 0 Å². The summed E-state index contributed by atoms with van der Waals surface area (Å²) < 4.78 is 0. The van der Waals surface area contributed by atoms with Crippen LogP contribution in [0.5, 0.6) is 0 Å². The molecule has 2 aliphatic carbocycles. The van der Waals surface area contributed by atoms with Gasteiger partial charge in [0, 0.05) is 12.8 Å². The van der Waals surface area contributed by atoms with E-state index >= 15 is 0 Å². The van der Waals surface area contributed by atoms with Gasteiger partial charge in [-0.25, -0.2) is 0 Å². The average molecular weight is 326 g/mol. The SMILES string of the molecule is C1CCC(CC2CCCCC2)CC1.O=C(O)CCCCC(=O)O. The second-order valence-corrected chi connectivity index (χ2v) is 7.24. The molecule has 2 rings (SSSR count). The number of carbonyl (C=O) groups is 2. The summed E-state index contributed by atoms with van der Waals surface area (Å²) in [5.74, 6) is 0.504. The molecule has 2 N–H and O–H groups in total. The molecule has 0 bridgehead atoms. The fourth-order valence-corrected chi connectivity index (χ4v) is 3.87. The van der Waals surface area contributed by atoms with Gasteiger partial charge in [-0.1, -0.05) is 64.2 Å². The third-order valence-electron chi connectivity index (χ3n) is 5.15. The van der Waals surface area contributed by atoms with Gasteiger partial charge in [-0.2, -0.15) is 0 Å². The Balaban J connectivity index is 0.000000241. The van der Waals surface area contributed by atoms with Crippen molar-refractivity contribution in [3.8, 4) is 0 Å². The maximum atomic E-state index is 9.90. The quantitative estimate of drug-likeness (QED) is 0.626. The van der Waals surface area contributed by atoms with Crippen LogP contribution in [0.3, 0.4) is 0 Å². The van der Waals surface area contributed by atoms with Crippen molar-refractivity contribution < 1.29 is 19.8 Å². The van der Waals surface area contributed by atoms with Gasteiger partial charge in [0.2, 0.25) is 0 Å². The highest BCUT2D eigenvalue weighted by Gasteiger charge is 2.20. The Hall–Kier alpha value is -1.06. The molecule has 0 saturated heterocycles. The number of unbranched alkanes of at least 4 members (excludes halogenated alkanes) is 1. The minimum absolute atomic E-state index is 0.0628. The molecule has 4 heteroatoms. The number of carboxylic acid groups (broad SMARTS) is 2. The summed E-state index contributed by atoms with van der Waals surface area (Å²) in [5.41, 5.74) is 0. The van der Waals surface area contributed by atoms with Gasteiger partial charge in [0.15, 0.2) is 0 Å². The molecule has 0 spiro atoms. The molecule has 0 aliphatic heterocycles. The summed E-state index contributed by atoms with van der Waals surface area (Å²) in [7, 11) is 0. The molecule has 0 atom stereocenters. The van der Waals surface area contributed by atoms with Crippen molar-refractivity contribution in [3.63, 3.8) is 0 Å². The van der Waals surface area contributed by atoms with Crippen molar-refractivity contribution in [1.29, 1.82) is 0 Å². The summed E-state index contributed by atoms with van der Waals surface area (Å²) in [6.07, 6.45) is 17.9. The highest BCUT2D eigenvalue weighted by Crippen LogP contribution is 2.34. The first kappa shape index (κ1) is 20.0. The van der Waals surface area contributed by atoms with E-state index in [1.54, 1.807) is 32.1 Å². The predicted molar refractivity (Wildman–Crippen MR) is 91.5 cm³/mol. The van der Waals surface area contributed by atoms with E-state index in [1.807, 2.05) is 0 Å². The smallest absolute Gasteiger partial charge is 0.303 e. The first-order valence-corrected chi connectivity index (χ1v) is 9.51. The Labute approximate surface area is 140 Å². The standard InChI is InChI=1S/C13H24.C6H10O4/c1-3-7-12(8-4-1)11-13-9-5-2-6-10-13;7-5(8)3-1-2-4-6(9)10/h12-13H,1-11H2;1-4H2,(H,7,8)(H,9,10). The lowest BCUT2D eigenvalue weighted by molar-refractivity contribution is -0.139. The van der Waals surface area contributed by atoms with Crippen LogP contribution < -0.4 is 0 Å². The second kappa shape index (κ2) is 12.4. The second-order valence-electron chi connectivity index (χ2n) is 7.24. The summed E-state index contributed by atoms with van der Waals surface area (Å²) in [6, 6.07) is 0. The molecule has 23 heavy (non-hydrogen) atoms. The maximum Gasteiger partial charge on any atom is 0.303 e. The zero-order chi connectivity index (χ0) is 16.9. The van der Waals surface area contributed by atoms with E-state index in [0.717, 1.165) is 11.8 Å². The normalized spacial score (nSPS) is 19.7. The number of hydrogen-bond acceptors (Lipinski definition) is 2. The zero-order valence-electron chi connectivity index (χ0n) is 14.5. The highest BCUT2D eigenvalue weighted by molar-refractivity contribution is 5.67. The van der Waals surface area contributed by atoms with Crippen LogP contribution in [-0.2, 0) is 9.59 Å². The average Bonchev–Trinajstić information content (AvgIpc) is 2.54. The topological polar surface area (TPSA) is 74.6 Å². The Morgan fingerprint density at radius 1 is 0.652 bits per heavy atom. The van der Waals surface area contributed by atoms with E-state index in [4.69, 9.17) is 10.2 Å². The molecule has 2 saturated carbocycles. The number of rotatable bonds is 7. The first-order valence-electron chi connectivity index (χ1n) is 9.51. The van der Waals surface area contributed by atoms with Gasteiger partial charge in [-0.15, -0.1) is 0 Å². The molecule has 134 valence electrons. The monoisotopic (exact) mass is 326 g/mol. The molecule has 0 heterocycles. The number of carboxylic acids is 2. The van der Waals surface area contributed by atoms with E-state index in [1.165, 1.54) is 38.5 Å². The van der Waals surface area contributed by atoms with Crippen LogP contribution in [0.4, 0.5) is 0 Å². The Bertz CT molecular complexity index is 296. The van der Waals surface area contributed by atoms with Crippen LogP contribution in [0.2, 0.25) is 0 Å². The van der Waals surface area contributed by atoms with Gasteiger partial charge >= 0.3 is 11.9 Å². The fourth-order valence-electron chi connectivity index (χ4n) is 3.87. The van der Waals surface area contributed by atoms with E-state index < -0.39 is 11.9 Å². The van der Waals surface area contributed by atoms with Crippen LogP contribution >= 0.6 is 0 Å². The third-order valence-corrected chi connectivity index (χ3v) is 5.15. The molecule has 0 aromatic heterocycles. The lowest BCUT2D eigenvalue weighted by Gasteiger charge is -2.28. The number of hydrogen-bond donors (Lipinski definition) is 2. The van der Waals surface area contributed by atoms with Crippen molar-refractivity contribution in [2.45, 2.75) is 96.3 Å². The van der Waals surface area contributed by atoms with E-state index in [2.05, 4.69) is 0 Å². The van der Waals surface area contributed by atoms with Gasteiger partial charge in [0.05, 0.1) is 0 Å². The predicted octanol–water partition coefficient (Wildman–Crippen LogP) is 5.25. The lowest BCUT2D eigenvalue weighted by atomic mass is 9.78. The lowest BCUT2D eigenvalue weighted by Crippen LogP contribution is -2.14. The van der Waals surface area contributed by atoms with Gasteiger partial charge in [-0.3, -0.25) is 9.59 Å². The molecular weight excluding hydrogens is 292 g/mol. The molecule has 0 unspecified atom stereocenters. The van der Waals surface area contributed by atoms with E-state index in [0.29, 0.717) is 12.8 Å². The molecular formula is C19H34O4. The van der Waals surface area contributed by atoms with Crippen molar-refractivity contribution >= 4 is 11.9 Å². The minimum atomic E-state index is -0.870. The largest absolute Gasteiger partial charge is 0.481 e. The van der Waals surface area contributed by atoms with E-state index in [9.17, 15) is 9.59 Å². The van der Waals surface area contributed by atoms with Crippen molar-refractivity contribution in [2.75, 3.05) is 0 Å². The minimum Gasteiger partial charge on any atom is -0.481 e. The molecule has 2 aliphatic rings. The maximum absolute atomic E-state index is 9.90. The van der Waals surface area contributed by atoms with Crippen LogP contribution in [0, 0.1) is 11.8 Å². The van der Waals surface area contributed by atoms with Crippen LogP contribution in [0.1, 0.15) is 96.3 Å². The van der Waals surface area contributed by atoms with Crippen molar-refractivity contribution in [3.05, 3.63) is 0 Å². The number of aliphatic carboxylic acids is 2. The van der Waals surface area contributed by atoms with Gasteiger partial charge in [0.1, 0.15) is 0 Å². The molecule has 4 nitrogen and oxygen atoms in total. The van der Waals surface area contributed by atoms with Crippen molar-refractivity contribution in [2.24, 2.45) is 11.8 Å². The third kappa shape index (κ3) is 11.2. The van der Waals surface area contributed by atoms with Crippen LogP contribution in [-0.4, -0.2) is 22.2 Å². The van der Waals surface area contributed by atoms with Gasteiger partial charge in [-0.05, 0) is 31.1 Å². The summed E-state index contributed by atoms with van der Waals surface area (Å²) in [6.45, 7) is 0. The molecule has 2 fully saturated rings. The highest BCUT2D eigenvalue weighted by atomic mass is 16.4. The summed E-state index contributed by atoms with van der Waals surface area (Å²) in [4.78, 5) is 19.8. The Morgan fingerprint density at radius 3 is 1.30 bits per heavy atom. The first-order chi connectivity index (χ1) is 11.1. The van der Waals surface area contributed by atoms with Crippen LogP contribution in [0.25, 0.3) is 0 Å². The van der Waals surface area contributed by atoms with Crippen molar-refractivity contribution in [1.82, 2.24) is 0 Å². The Kier molecular flexibility index (Phi) is 10.8.